The van der Waals surface area contributed by atoms with Crippen LogP contribution in [0.5, 0.6) is 0 Å². The molecule has 4 N–H and O–H groups in total. The van der Waals surface area contributed by atoms with E-state index in [0.717, 1.165) is 12.8 Å². The Labute approximate surface area is 152 Å². The van der Waals surface area contributed by atoms with Crippen molar-refractivity contribution < 1.29 is 20.1 Å². The van der Waals surface area contributed by atoms with Crippen LogP contribution in [0.25, 0.3) is 0 Å². The summed E-state index contributed by atoms with van der Waals surface area (Å²) in [6.45, 7) is 3.85. The predicted molar refractivity (Wildman–Crippen MR) is 96.2 cm³/mol. The number of rotatable bonds is 2. The lowest BCUT2D eigenvalue weighted by molar-refractivity contribution is -0.152. The number of aliphatic hydroxyl groups excluding tert-OH is 1. The fourth-order valence-corrected chi connectivity index (χ4v) is 2.84. The SMILES string of the molecule is C#CC1CC(CO)OC1n1ccc(=O)[nH]c1=O.CC.OC1(O)CCCC1. The third-order valence-electron chi connectivity index (χ3n) is 4.14. The molecule has 3 rings (SSSR count). The van der Waals surface area contributed by atoms with E-state index in [0.29, 0.717) is 19.3 Å². The lowest BCUT2D eigenvalue weighted by atomic mass is 10.0. The second-order valence-corrected chi connectivity index (χ2v) is 6.05. The highest BCUT2D eigenvalue weighted by Gasteiger charge is 2.35. The molecule has 1 aromatic rings. The standard InChI is InChI=1S/C11H12N2O4.C5H10O2.C2H6/c1-2-7-5-8(6-14)17-10(7)13-4-3-9(15)12-11(13)16;6-5(7)3-1-2-4-5;1-2/h1,3-4,7-8,10,14H,5-6H2,(H,12,15,16);6-7H,1-4H2;1-2H3. The molecular weight excluding hydrogens is 340 g/mol. The number of H-pyrrole nitrogens is 1. The zero-order valence-electron chi connectivity index (χ0n) is 15.2. The quantitative estimate of drug-likeness (QED) is 0.440. The predicted octanol–water partition coefficient (Wildman–Crippen LogP) is 0.333. The molecule has 0 aromatic carbocycles. The highest BCUT2D eigenvalue weighted by atomic mass is 16.5. The number of aromatic nitrogens is 2. The van der Waals surface area contributed by atoms with Crippen molar-refractivity contribution >= 4 is 0 Å². The van der Waals surface area contributed by atoms with Crippen molar-refractivity contribution in [3.8, 4) is 12.3 Å². The molecule has 2 fully saturated rings. The summed E-state index contributed by atoms with van der Waals surface area (Å²) in [4.78, 5) is 24.7. The van der Waals surface area contributed by atoms with Crippen LogP contribution in [0.4, 0.5) is 0 Å². The van der Waals surface area contributed by atoms with E-state index in [1.165, 1.54) is 16.8 Å². The molecule has 8 heteroatoms. The monoisotopic (exact) mass is 368 g/mol. The number of aromatic amines is 1. The van der Waals surface area contributed by atoms with Crippen LogP contribution in [0, 0.1) is 18.3 Å². The van der Waals surface area contributed by atoms with Crippen molar-refractivity contribution in [1.82, 2.24) is 9.55 Å². The highest BCUT2D eigenvalue weighted by molar-refractivity contribution is 5.01. The summed E-state index contributed by atoms with van der Waals surface area (Å²) in [5.74, 6) is 0.930. The fraction of sp³-hybridized carbons (Fsp3) is 0.667. The van der Waals surface area contributed by atoms with Crippen molar-refractivity contribution in [3.63, 3.8) is 0 Å². The second-order valence-electron chi connectivity index (χ2n) is 6.05. The van der Waals surface area contributed by atoms with Crippen LogP contribution in [0.3, 0.4) is 0 Å². The number of nitrogens with one attached hydrogen (secondary N) is 1. The van der Waals surface area contributed by atoms with Gasteiger partial charge in [0.15, 0.2) is 12.0 Å². The molecule has 2 aliphatic rings. The Morgan fingerprint density at radius 1 is 1.35 bits per heavy atom. The van der Waals surface area contributed by atoms with Gasteiger partial charge in [0.05, 0.1) is 18.6 Å². The molecule has 1 aliphatic carbocycles. The first-order valence-corrected chi connectivity index (χ1v) is 8.85. The van der Waals surface area contributed by atoms with E-state index in [1.807, 2.05) is 13.8 Å². The smallest absolute Gasteiger partial charge is 0.330 e. The van der Waals surface area contributed by atoms with E-state index in [1.54, 1.807) is 0 Å². The van der Waals surface area contributed by atoms with E-state index in [-0.39, 0.29) is 18.6 Å². The number of terminal acetylenes is 1. The number of ether oxygens (including phenoxy) is 1. The molecule has 146 valence electrons. The minimum atomic E-state index is -1.31. The van der Waals surface area contributed by atoms with Crippen LogP contribution in [0.1, 0.15) is 52.2 Å². The van der Waals surface area contributed by atoms with Crippen molar-refractivity contribution in [2.45, 2.75) is 64.1 Å². The Kier molecular flexibility index (Phi) is 8.75. The fourth-order valence-electron chi connectivity index (χ4n) is 2.84. The molecule has 1 aromatic heterocycles. The number of hydrogen-bond acceptors (Lipinski definition) is 6. The van der Waals surface area contributed by atoms with Gasteiger partial charge < -0.3 is 20.1 Å². The Morgan fingerprint density at radius 2 is 1.96 bits per heavy atom. The topological polar surface area (TPSA) is 125 Å². The molecule has 26 heavy (non-hydrogen) atoms. The Hall–Kier alpha value is -1.92. The molecule has 3 atom stereocenters. The van der Waals surface area contributed by atoms with Gasteiger partial charge in [-0.05, 0) is 19.3 Å². The van der Waals surface area contributed by atoms with Crippen LogP contribution < -0.4 is 11.2 Å². The summed E-state index contributed by atoms with van der Waals surface area (Å²) in [7, 11) is 0. The summed E-state index contributed by atoms with van der Waals surface area (Å²) < 4.78 is 6.71. The molecule has 1 saturated carbocycles. The Bertz CT molecular complexity index is 695. The first kappa shape index (κ1) is 22.1. The number of aliphatic hydroxyl groups is 3. The molecule has 3 unspecified atom stereocenters. The first-order chi connectivity index (χ1) is 12.4. The van der Waals surface area contributed by atoms with Crippen LogP contribution in [0.15, 0.2) is 21.9 Å². The summed E-state index contributed by atoms with van der Waals surface area (Å²) in [5, 5.41) is 26.5. The molecule has 0 amide bonds. The Morgan fingerprint density at radius 3 is 2.38 bits per heavy atom. The zero-order chi connectivity index (χ0) is 19.7. The van der Waals surface area contributed by atoms with Gasteiger partial charge in [0.1, 0.15) is 0 Å². The maximum absolute atomic E-state index is 11.6. The zero-order valence-corrected chi connectivity index (χ0v) is 15.2. The maximum atomic E-state index is 11.6. The van der Waals surface area contributed by atoms with E-state index >= 15 is 0 Å². The van der Waals surface area contributed by atoms with Gasteiger partial charge in [0.25, 0.3) is 5.56 Å². The molecule has 0 bridgehead atoms. The molecule has 0 radical (unpaired) electrons. The van der Waals surface area contributed by atoms with Gasteiger partial charge in [0, 0.05) is 25.1 Å². The Balaban J connectivity index is 0.000000313. The highest BCUT2D eigenvalue weighted by Crippen LogP contribution is 2.32. The number of hydrogen-bond donors (Lipinski definition) is 4. The van der Waals surface area contributed by atoms with Gasteiger partial charge in [0.2, 0.25) is 0 Å². The van der Waals surface area contributed by atoms with Crippen LogP contribution in [-0.4, -0.2) is 43.4 Å². The van der Waals surface area contributed by atoms with Crippen molar-refractivity contribution in [1.29, 1.82) is 0 Å². The van der Waals surface area contributed by atoms with Crippen LogP contribution >= 0.6 is 0 Å². The largest absolute Gasteiger partial charge is 0.394 e. The van der Waals surface area contributed by atoms with E-state index in [4.69, 9.17) is 26.5 Å². The lowest BCUT2D eigenvalue weighted by Gasteiger charge is -2.16. The van der Waals surface area contributed by atoms with Gasteiger partial charge in [-0.15, -0.1) is 6.42 Å². The molecule has 1 aliphatic heterocycles. The van der Waals surface area contributed by atoms with Gasteiger partial charge in [-0.2, -0.15) is 0 Å². The van der Waals surface area contributed by atoms with Crippen LogP contribution in [-0.2, 0) is 4.74 Å². The molecule has 1 saturated heterocycles. The van der Waals surface area contributed by atoms with Gasteiger partial charge in [-0.3, -0.25) is 14.3 Å². The van der Waals surface area contributed by atoms with Gasteiger partial charge >= 0.3 is 5.69 Å². The lowest BCUT2D eigenvalue weighted by Crippen LogP contribution is -2.33. The van der Waals surface area contributed by atoms with E-state index < -0.39 is 23.3 Å². The normalized spacial score (nSPS) is 26.1. The van der Waals surface area contributed by atoms with E-state index in [2.05, 4.69) is 10.9 Å². The number of nitrogens with zero attached hydrogens (tertiary/aromatic N) is 1. The average molecular weight is 368 g/mol. The summed E-state index contributed by atoms with van der Waals surface area (Å²) >= 11 is 0. The van der Waals surface area contributed by atoms with Gasteiger partial charge in [-0.1, -0.05) is 19.8 Å². The van der Waals surface area contributed by atoms with Gasteiger partial charge in [-0.25, -0.2) is 4.79 Å². The summed E-state index contributed by atoms with van der Waals surface area (Å²) in [6.07, 6.45) is 9.23. The molecular formula is C18H28N2O6. The van der Waals surface area contributed by atoms with Crippen LogP contribution in [0.2, 0.25) is 0 Å². The third kappa shape index (κ3) is 6.11. The van der Waals surface area contributed by atoms with E-state index in [9.17, 15) is 9.59 Å². The van der Waals surface area contributed by atoms with Crippen molar-refractivity contribution in [2.75, 3.05) is 6.61 Å². The average Bonchev–Trinajstić information content (AvgIpc) is 3.22. The summed E-state index contributed by atoms with van der Waals surface area (Å²) in [5.41, 5.74) is -1.04. The van der Waals surface area contributed by atoms with Crippen molar-refractivity contribution in [3.05, 3.63) is 33.1 Å². The molecule has 0 spiro atoms. The minimum absolute atomic E-state index is 0.146. The minimum Gasteiger partial charge on any atom is -0.394 e. The third-order valence-corrected chi connectivity index (χ3v) is 4.14. The maximum Gasteiger partial charge on any atom is 0.330 e. The summed E-state index contributed by atoms with van der Waals surface area (Å²) in [6, 6.07) is 1.23. The molecule has 2 heterocycles. The van der Waals surface area contributed by atoms with Crippen molar-refractivity contribution in [2.24, 2.45) is 5.92 Å². The second kappa shape index (κ2) is 10.3. The first-order valence-electron chi connectivity index (χ1n) is 8.85. The molecule has 8 nitrogen and oxygen atoms in total.